The minimum Gasteiger partial charge on any atom is -0.486 e. The Morgan fingerprint density at radius 3 is 2.52 bits per heavy atom. The zero-order chi connectivity index (χ0) is 17.2. The predicted octanol–water partition coefficient (Wildman–Crippen LogP) is 1.69. The first-order valence-corrected chi connectivity index (χ1v) is 8.29. The molecule has 0 radical (unpaired) electrons. The van der Waals surface area contributed by atoms with Gasteiger partial charge in [0.05, 0.1) is 18.9 Å². The number of benzene rings is 1. The third-order valence-electron chi connectivity index (χ3n) is 4.35. The van der Waals surface area contributed by atoms with Gasteiger partial charge in [0.15, 0.2) is 11.5 Å². The molecule has 1 saturated heterocycles. The van der Waals surface area contributed by atoms with E-state index in [0.29, 0.717) is 54.9 Å². The lowest BCUT2D eigenvalue weighted by atomic mass is 10.0. The number of fused-ring (bicyclic) bond motifs is 1. The number of anilines is 2. The third kappa shape index (κ3) is 3.10. The first kappa shape index (κ1) is 15.7. The van der Waals surface area contributed by atoms with Crippen LogP contribution in [-0.4, -0.2) is 50.2 Å². The SMILES string of the molecule is N=C(c1ccnc(N2CCOCC2)c1)c1cc2c(cc1N)OCCO2. The summed E-state index contributed by atoms with van der Waals surface area (Å²) in [5.74, 6) is 2.10. The average molecular weight is 340 g/mol. The number of nitrogens with one attached hydrogen (secondary N) is 1. The van der Waals surface area contributed by atoms with Gasteiger partial charge in [-0.1, -0.05) is 0 Å². The predicted molar refractivity (Wildman–Crippen MR) is 95.0 cm³/mol. The fourth-order valence-corrected chi connectivity index (χ4v) is 3.02. The van der Waals surface area contributed by atoms with Gasteiger partial charge in [-0.05, 0) is 18.2 Å². The summed E-state index contributed by atoms with van der Waals surface area (Å²) in [6, 6.07) is 7.25. The molecule has 1 aromatic carbocycles. The van der Waals surface area contributed by atoms with Crippen molar-refractivity contribution < 1.29 is 14.2 Å². The highest BCUT2D eigenvalue weighted by atomic mass is 16.6. The Balaban J connectivity index is 1.64. The number of rotatable bonds is 3. The molecule has 2 aliphatic rings. The molecule has 3 N–H and O–H groups in total. The van der Waals surface area contributed by atoms with Gasteiger partial charge in [-0.3, -0.25) is 5.41 Å². The van der Waals surface area contributed by atoms with Crippen LogP contribution in [-0.2, 0) is 4.74 Å². The summed E-state index contributed by atoms with van der Waals surface area (Å²) in [6.07, 6.45) is 1.73. The molecule has 2 aliphatic heterocycles. The van der Waals surface area contributed by atoms with Gasteiger partial charge < -0.3 is 24.8 Å². The summed E-state index contributed by atoms with van der Waals surface area (Å²) in [5, 5.41) is 8.59. The van der Waals surface area contributed by atoms with Crippen molar-refractivity contribution in [2.75, 3.05) is 50.2 Å². The van der Waals surface area contributed by atoms with Crippen molar-refractivity contribution >= 4 is 17.2 Å². The van der Waals surface area contributed by atoms with Crippen LogP contribution in [0.15, 0.2) is 30.5 Å². The maximum Gasteiger partial charge on any atom is 0.163 e. The van der Waals surface area contributed by atoms with E-state index in [1.165, 1.54) is 0 Å². The molecule has 7 heteroatoms. The Hall–Kier alpha value is -2.80. The standard InChI is InChI=1S/C18H20N4O3/c19-14-11-16-15(24-7-8-25-16)10-13(14)18(20)12-1-2-21-17(9-12)22-3-5-23-6-4-22/h1-2,9-11,20H,3-8,19H2. The summed E-state index contributed by atoms with van der Waals surface area (Å²) >= 11 is 0. The molecule has 0 amide bonds. The third-order valence-corrected chi connectivity index (χ3v) is 4.35. The Bertz CT molecular complexity index is 803. The van der Waals surface area contributed by atoms with Crippen LogP contribution in [0.2, 0.25) is 0 Å². The Morgan fingerprint density at radius 1 is 1.04 bits per heavy atom. The lowest BCUT2D eigenvalue weighted by Gasteiger charge is -2.28. The van der Waals surface area contributed by atoms with Crippen molar-refractivity contribution in [1.29, 1.82) is 5.41 Å². The summed E-state index contributed by atoms with van der Waals surface area (Å²) in [4.78, 5) is 6.59. The zero-order valence-corrected chi connectivity index (χ0v) is 13.8. The van der Waals surface area contributed by atoms with E-state index in [1.807, 2.05) is 12.1 Å². The molecule has 4 rings (SSSR count). The van der Waals surface area contributed by atoms with Gasteiger partial charge in [0.25, 0.3) is 0 Å². The van der Waals surface area contributed by atoms with E-state index < -0.39 is 0 Å². The lowest BCUT2D eigenvalue weighted by Crippen LogP contribution is -2.36. The molecular formula is C18H20N4O3. The van der Waals surface area contributed by atoms with E-state index in [-0.39, 0.29) is 0 Å². The van der Waals surface area contributed by atoms with E-state index in [9.17, 15) is 0 Å². The molecule has 1 fully saturated rings. The van der Waals surface area contributed by atoms with Gasteiger partial charge in [0, 0.05) is 42.2 Å². The minimum atomic E-state index is 0.339. The molecule has 7 nitrogen and oxygen atoms in total. The summed E-state index contributed by atoms with van der Waals surface area (Å²) in [7, 11) is 0. The fraction of sp³-hybridized carbons (Fsp3) is 0.333. The van der Waals surface area contributed by atoms with Gasteiger partial charge in [0.1, 0.15) is 19.0 Å². The van der Waals surface area contributed by atoms with E-state index >= 15 is 0 Å². The molecular weight excluding hydrogens is 320 g/mol. The van der Waals surface area contributed by atoms with Crippen molar-refractivity contribution in [2.45, 2.75) is 0 Å². The fourth-order valence-electron chi connectivity index (χ4n) is 3.02. The van der Waals surface area contributed by atoms with Crippen LogP contribution in [0.25, 0.3) is 0 Å². The molecule has 1 aromatic heterocycles. The Morgan fingerprint density at radius 2 is 1.76 bits per heavy atom. The summed E-state index contributed by atoms with van der Waals surface area (Å²) in [6.45, 7) is 4.00. The lowest BCUT2D eigenvalue weighted by molar-refractivity contribution is 0.122. The second kappa shape index (κ2) is 6.60. The van der Waals surface area contributed by atoms with E-state index in [2.05, 4.69) is 9.88 Å². The van der Waals surface area contributed by atoms with E-state index in [1.54, 1.807) is 18.3 Å². The van der Waals surface area contributed by atoms with Crippen molar-refractivity contribution in [3.8, 4) is 11.5 Å². The monoisotopic (exact) mass is 340 g/mol. The molecule has 3 heterocycles. The summed E-state index contributed by atoms with van der Waals surface area (Å²) < 4.78 is 16.5. The van der Waals surface area contributed by atoms with E-state index in [4.69, 9.17) is 25.4 Å². The highest BCUT2D eigenvalue weighted by Crippen LogP contribution is 2.35. The molecule has 0 bridgehead atoms. The number of ether oxygens (including phenoxy) is 3. The van der Waals surface area contributed by atoms with Gasteiger partial charge in [0.2, 0.25) is 0 Å². The number of morpholine rings is 1. The van der Waals surface area contributed by atoms with Crippen LogP contribution in [0.3, 0.4) is 0 Å². The highest BCUT2D eigenvalue weighted by molar-refractivity contribution is 6.14. The first-order chi connectivity index (χ1) is 12.2. The quantitative estimate of drug-likeness (QED) is 0.652. The first-order valence-electron chi connectivity index (χ1n) is 8.29. The Kier molecular flexibility index (Phi) is 4.15. The number of nitrogens with zero attached hydrogens (tertiary/aromatic N) is 2. The summed E-state index contributed by atoms with van der Waals surface area (Å²) in [5.41, 5.74) is 8.37. The molecule has 2 aromatic rings. The van der Waals surface area contributed by atoms with Crippen LogP contribution in [0.4, 0.5) is 11.5 Å². The van der Waals surface area contributed by atoms with Crippen LogP contribution in [0, 0.1) is 5.41 Å². The number of hydrogen-bond acceptors (Lipinski definition) is 7. The molecule has 25 heavy (non-hydrogen) atoms. The van der Waals surface area contributed by atoms with Crippen LogP contribution in [0.5, 0.6) is 11.5 Å². The topological polar surface area (TPSA) is 93.7 Å². The van der Waals surface area contributed by atoms with Gasteiger partial charge >= 0.3 is 0 Å². The second-order valence-electron chi connectivity index (χ2n) is 5.96. The van der Waals surface area contributed by atoms with Crippen molar-refractivity contribution in [2.24, 2.45) is 0 Å². The zero-order valence-electron chi connectivity index (χ0n) is 13.8. The normalized spacial score (nSPS) is 16.6. The van der Waals surface area contributed by atoms with Crippen molar-refractivity contribution in [3.63, 3.8) is 0 Å². The average Bonchev–Trinajstić information content (AvgIpc) is 2.68. The van der Waals surface area contributed by atoms with Gasteiger partial charge in [-0.2, -0.15) is 0 Å². The highest BCUT2D eigenvalue weighted by Gasteiger charge is 2.19. The molecule has 130 valence electrons. The van der Waals surface area contributed by atoms with Crippen LogP contribution >= 0.6 is 0 Å². The van der Waals surface area contributed by atoms with Crippen LogP contribution in [0.1, 0.15) is 11.1 Å². The van der Waals surface area contributed by atoms with Crippen molar-refractivity contribution in [3.05, 3.63) is 41.6 Å². The molecule has 0 spiro atoms. The number of hydrogen-bond donors (Lipinski definition) is 2. The number of pyridine rings is 1. The smallest absolute Gasteiger partial charge is 0.163 e. The van der Waals surface area contributed by atoms with E-state index in [0.717, 1.165) is 24.5 Å². The molecule has 0 atom stereocenters. The van der Waals surface area contributed by atoms with Gasteiger partial charge in [-0.15, -0.1) is 0 Å². The number of nitrogens with two attached hydrogens (primary N) is 1. The second-order valence-corrected chi connectivity index (χ2v) is 5.96. The number of nitrogen functional groups attached to an aromatic ring is 1. The Labute approximate surface area is 145 Å². The largest absolute Gasteiger partial charge is 0.486 e. The molecule has 0 aliphatic carbocycles. The van der Waals surface area contributed by atoms with Gasteiger partial charge in [-0.25, -0.2) is 4.98 Å². The molecule has 0 unspecified atom stereocenters. The minimum absolute atomic E-state index is 0.339. The maximum atomic E-state index is 8.59. The van der Waals surface area contributed by atoms with Crippen molar-refractivity contribution in [1.82, 2.24) is 4.98 Å². The maximum absolute atomic E-state index is 8.59. The number of aromatic nitrogens is 1. The molecule has 0 saturated carbocycles. The van der Waals surface area contributed by atoms with Crippen LogP contribution < -0.4 is 20.1 Å².